The van der Waals surface area contributed by atoms with Gasteiger partial charge in [0.25, 0.3) is 0 Å². The highest BCUT2D eigenvalue weighted by Crippen LogP contribution is 2.30. The van der Waals surface area contributed by atoms with Crippen molar-refractivity contribution in [3.05, 3.63) is 42.0 Å². The Morgan fingerprint density at radius 3 is 2.41 bits per heavy atom. The molecule has 0 amide bonds. The summed E-state index contributed by atoms with van der Waals surface area (Å²) in [6, 6.07) is 12.2. The van der Waals surface area contributed by atoms with Gasteiger partial charge in [-0.2, -0.15) is 0 Å². The van der Waals surface area contributed by atoms with E-state index in [-0.39, 0.29) is 6.04 Å². The molecule has 2 aromatic rings. The van der Waals surface area contributed by atoms with E-state index in [1.54, 1.807) is 28.4 Å². The summed E-state index contributed by atoms with van der Waals surface area (Å²) >= 11 is 0. The molecule has 1 unspecified atom stereocenters. The number of methoxy groups -OCH3 is 3. The molecule has 1 heterocycles. The number of guanidine groups is 1. The molecule has 1 aliphatic heterocycles. The van der Waals surface area contributed by atoms with Crippen molar-refractivity contribution in [2.24, 2.45) is 4.99 Å². The number of ether oxygens (including phenoxy) is 4. The molecule has 0 aromatic heterocycles. The van der Waals surface area contributed by atoms with Gasteiger partial charge in [-0.15, -0.1) is 0 Å². The van der Waals surface area contributed by atoms with E-state index < -0.39 is 0 Å². The second kappa shape index (κ2) is 11.4. The number of benzene rings is 2. The Labute approximate surface area is 190 Å². The van der Waals surface area contributed by atoms with Gasteiger partial charge in [0.2, 0.25) is 0 Å². The van der Waals surface area contributed by atoms with Crippen LogP contribution in [0.25, 0.3) is 0 Å². The molecule has 8 heteroatoms. The Balaban J connectivity index is 1.57. The molecule has 3 rings (SSSR count). The fourth-order valence-electron chi connectivity index (χ4n) is 3.76. The van der Waals surface area contributed by atoms with Gasteiger partial charge in [-0.3, -0.25) is 4.99 Å². The monoisotopic (exact) mass is 442 g/mol. The van der Waals surface area contributed by atoms with E-state index in [2.05, 4.69) is 20.5 Å². The minimum absolute atomic E-state index is 0.285. The van der Waals surface area contributed by atoms with Gasteiger partial charge < -0.3 is 34.5 Å². The molecule has 2 N–H and O–H groups in total. The molecule has 32 heavy (non-hydrogen) atoms. The van der Waals surface area contributed by atoms with Gasteiger partial charge in [-0.25, -0.2) is 0 Å². The molecule has 0 radical (unpaired) electrons. The van der Waals surface area contributed by atoms with Crippen LogP contribution in [0.2, 0.25) is 0 Å². The first kappa shape index (κ1) is 23.4. The third-order valence-electron chi connectivity index (χ3n) is 5.44. The van der Waals surface area contributed by atoms with Crippen LogP contribution in [0.1, 0.15) is 18.9 Å². The first-order valence-corrected chi connectivity index (χ1v) is 10.8. The molecule has 1 saturated heterocycles. The average molecular weight is 443 g/mol. The second-order valence-electron chi connectivity index (χ2n) is 7.49. The lowest BCUT2D eigenvalue weighted by molar-refractivity contribution is 0.310. The highest BCUT2D eigenvalue weighted by Gasteiger charge is 2.24. The molecule has 1 aliphatic rings. The van der Waals surface area contributed by atoms with Crippen molar-refractivity contribution in [3.8, 4) is 23.0 Å². The van der Waals surface area contributed by atoms with Crippen LogP contribution in [0.15, 0.2) is 41.4 Å². The van der Waals surface area contributed by atoms with Gasteiger partial charge in [0.15, 0.2) is 17.5 Å². The molecule has 0 spiro atoms. The lowest BCUT2D eigenvalue weighted by atomic mass is 10.2. The number of rotatable bonds is 9. The molecule has 2 aromatic carbocycles. The van der Waals surface area contributed by atoms with Gasteiger partial charge in [0, 0.05) is 56.6 Å². The smallest absolute Gasteiger partial charge is 0.191 e. The van der Waals surface area contributed by atoms with Crippen molar-refractivity contribution in [2.75, 3.05) is 53.0 Å². The van der Waals surface area contributed by atoms with Crippen molar-refractivity contribution in [1.82, 2.24) is 10.6 Å². The third kappa shape index (κ3) is 5.90. The number of nitrogens with zero attached hydrogens (tertiary/aromatic N) is 2. The van der Waals surface area contributed by atoms with Crippen LogP contribution in [0, 0.1) is 0 Å². The average Bonchev–Trinajstić information content (AvgIpc) is 3.30. The topological polar surface area (TPSA) is 76.6 Å². The Morgan fingerprint density at radius 2 is 1.78 bits per heavy atom. The van der Waals surface area contributed by atoms with Gasteiger partial charge >= 0.3 is 0 Å². The van der Waals surface area contributed by atoms with Crippen LogP contribution >= 0.6 is 0 Å². The molecule has 0 aliphatic carbocycles. The predicted octanol–water partition coefficient (Wildman–Crippen LogP) is 3.06. The normalized spacial score (nSPS) is 16.0. The van der Waals surface area contributed by atoms with E-state index in [9.17, 15) is 0 Å². The molecule has 0 saturated carbocycles. The maximum atomic E-state index is 5.67. The van der Waals surface area contributed by atoms with Crippen molar-refractivity contribution in [3.63, 3.8) is 0 Å². The maximum Gasteiger partial charge on any atom is 0.191 e. The molecule has 0 bridgehead atoms. The summed E-state index contributed by atoms with van der Waals surface area (Å²) in [7, 11) is 6.77. The fourth-order valence-corrected chi connectivity index (χ4v) is 3.76. The first-order chi connectivity index (χ1) is 15.6. The molecular weight excluding hydrogens is 408 g/mol. The number of hydrogen-bond acceptors (Lipinski definition) is 6. The highest BCUT2D eigenvalue weighted by molar-refractivity contribution is 5.80. The van der Waals surface area contributed by atoms with Crippen LogP contribution in [0.4, 0.5) is 5.69 Å². The van der Waals surface area contributed by atoms with Crippen LogP contribution < -0.4 is 34.5 Å². The van der Waals surface area contributed by atoms with E-state index in [1.807, 2.05) is 43.3 Å². The van der Waals surface area contributed by atoms with Crippen LogP contribution in [0.3, 0.4) is 0 Å². The summed E-state index contributed by atoms with van der Waals surface area (Å²) in [4.78, 5) is 6.72. The van der Waals surface area contributed by atoms with E-state index in [4.69, 9.17) is 18.9 Å². The fraction of sp³-hybridized carbons (Fsp3) is 0.458. The predicted molar refractivity (Wildman–Crippen MR) is 128 cm³/mol. The van der Waals surface area contributed by atoms with Crippen molar-refractivity contribution < 1.29 is 18.9 Å². The minimum Gasteiger partial charge on any atom is -0.497 e. The lowest BCUT2D eigenvalue weighted by Crippen LogP contribution is -2.44. The largest absolute Gasteiger partial charge is 0.497 e. The highest BCUT2D eigenvalue weighted by atomic mass is 16.5. The van der Waals surface area contributed by atoms with E-state index in [1.165, 1.54) is 0 Å². The van der Waals surface area contributed by atoms with Crippen LogP contribution in [-0.2, 0) is 6.54 Å². The van der Waals surface area contributed by atoms with Gasteiger partial charge in [-0.1, -0.05) is 6.07 Å². The van der Waals surface area contributed by atoms with Crippen molar-refractivity contribution >= 4 is 11.6 Å². The Hall–Kier alpha value is -3.29. The first-order valence-electron chi connectivity index (χ1n) is 10.8. The summed E-state index contributed by atoms with van der Waals surface area (Å²) in [5.41, 5.74) is 2.18. The van der Waals surface area contributed by atoms with Crippen LogP contribution in [-0.4, -0.2) is 60.1 Å². The summed E-state index contributed by atoms with van der Waals surface area (Å²) in [6.45, 7) is 5.00. The number of anilines is 1. The zero-order valence-electron chi connectivity index (χ0n) is 19.6. The second-order valence-corrected chi connectivity index (χ2v) is 7.49. The molecular formula is C24H34N4O4. The maximum absolute atomic E-state index is 5.67. The Morgan fingerprint density at radius 1 is 1.03 bits per heavy atom. The summed E-state index contributed by atoms with van der Waals surface area (Å²) < 4.78 is 21.9. The summed E-state index contributed by atoms with van der Waals surface area (Å²) in [5, 5.41) is 6.93. The number of nitrogens with one attached hydrogen (secondary N) is 2. The van der Waals surface area contributed by atoms with Crippen LogP contribution in [0.5, 0.6) is 23.0 Å². The zero-order valence-corrected chi connectivity index (χ0v) is 19.6. The molecule has 1 fully saturated rings. The zero-order chi connectivity index (χ0) is 22.9. The van der Waals surface area contributed by atoms with E-state index in [0.717, 1.165) is 59.7 Å². The SMILES string of the molecule is CCOc1cc(CNC(=NC)NC2CCN(c3cc(OC)cc(OC)c3)C2)ccc1OC. The van der Waals surface area contributed by atoms with Gasteiger partial charge in [0.05, 0.1) is 27.9 Å². The minimum atomic E-state index is 0.285. The van der Waals surface area contributed by atoms with Gasteiger partial charge in [-0.05, 0) is 31.0 Å². The Bertz CT molecular complexity index is 897. The van der Waals surface area contributed by atoms with Crippen molar-refractivity contribution in [2.45, 2.75) is 25.9 Å². The number of hydrogen-bond donors (Lipinski definition) is 2. The van der Waals surface area contributed by atoms with E-state index >= 15 is 0 Å². The molecule has 174 valence electrons. The third-order valence-corrected chi connectivity index (χ3v) is 5.44. The molecule has 1 atom stereocenters. The standard InChI is InChI=1S/C24H34N4O4/c1-6-32-23-11-17(7-8-22(23)31-5)15-26-24(25-2)27-18-9-10-28(16-18)19-12-20(29-3)14-21(13-19)30-4/h7-8,11-14,18H,6,9-10,15-16H2,1-5H3,(H2,25,26,27). The van der Waals surface area contributed by atoms with Gasteiger partial charge in [0.1, 0.15) is 11.5 Å². The van der Waals surface area contributed by atoms with Crippen molar-refractivity contribution in [1.29, 1.82) is 0 Å². The lowest BCUT2D eigenvalue weighted by Gasteiger charge is -2.21. The Kier molecular flexibility index (Phi) is 8.30. The number of aliphatic imine (C=N–C) groups is 1. The summed E-state index contributed by atoms with van der Waals surface area (Å²) in [6.07, 6.45) is 1.01. The summed E-state index contributed by atoms with van der Waals surface area (Å²) in [5.74, 6) is 3.84. The quantitative estimate of drug-likeness (QED) is 0.457. The van der Waals surface area contributed by atoms with E-state index in [0.29, 0.717) is 13.2 Å². The molecule has 8 nitrogen and oxygen atoms in total.